The van der Waals surface area contributed by atoms with Crippen LogP contribution in [-0.4, -0.2) is 25.1 Å². The summed E-state index contributed by atoms with van der Waals surface area (Å²) in [4.78, 5) is 24.5. The number of ether oxygens (including phenoxy) is 2. The summed E-state index contributed by atoms with van der Waals surface area (Å²) >= 11 is 0. The van der Waals surface area contributed by atoms with Gasteiger partial charge < -0.3 is 14.8 Å². The zero-order chi connectivity index (χ0) is 14.6. The van der Waals surface area contributed by atoms with Crippen LogP contribution in [0.5, 0.6) is 5.75 Å². The van der Waals surface area contributed by atoms with Gasteiger partial charge in [0.25, 0.3) is 0 Å². The third-order valence-electron chi connectivity index (χ3n) is 5.12. The summed E-state index contributed by atoms with van der Waals surface area (Å²) < 4.78 is 10.5. The first-order chi connectivity index (χ1) is 10.2. The molecule has 1 N–H and O–H groups in total. The average molecular weight is 287 g/mol. The number of carbonyl (C=O) groups is 2. The van der Waals surface area contributed by atoms with E-state index in [-0.39, 0.29) is 41.7 Å². The van der Waals surface area contributed by atoms with Crippen LogP contribution in [0.15, 0.2) is 24.3 Å². The maximum atomic E-state index is 12.6. The van der Waals surface area contributed by atoms with Crippen LogP contribution >= 0.6 is 0 Å². The van der Waals surface area contributed by atoms with E-state index in [1.54, 1.807) is 13.2 Å². The lowest BCUT2D eigenvalue weighted by molar-refractivity contribution is -0.145. The van der Waals surface area contributed by atoms with Crippen LogP contribution in [-0.2, 0) is 14.3 Å². The first kappa shape index (κ1) is 12.7. The van der Waals surface area contributed by atoms with E-state index in [0.29, 0.717) is 11.4 Å². The minimum Gasteiger partial charge on any atom is -0.497 e. The summed E-state index contributed by atoms with van der Waals surface area (Å²) in [6, 6.07) is 7.26. The standard InChI is InChI=1S/C16H17NO4/c1-20-10-4-2-3-9(7-10)17-15(18)13-8-5-11-12(6-8)21-16(19)14(11)13/h2-4,7-8,11-14H,5-6H2,1H3,(H,17,18)/t8-,11+,12-,13-,14+/m1/s1. The van der Waals surface area contributed by atoms with E-state index in [1.807, 2.05) is 18.2 Å². The molecule has 5 heteroatoms. The largest absolute Gasteiger partial charge is 0.497 e. The molecular weight excluding hydrogens is 270 g/mol. The van der Waals surface area contributed by atoms with Crippen molar-refractivity contribution in [2.45, 2.75) is 18.9 Å². The monoisotopic (exact) mass is 287 g/mol. The summed E-state index contributed by atoms with van der Waals surface area (Å²) in [6.07, 6.45) is 1.84. The molecule has 1 heterocycles. The van der Waals surface area contributed by atoms with Gasteiger partial charge in [-0.05, 0) is 30.9 Å². The number of nitrogens with one attached hydrogen (secondary N) is 1. The van der Waals surface area contributed by atoms with Gasteiger partial charge in [-0.1, -0.05) is 6.07 Å². The van der Waals surface area contributed by atoms with Crippen LogP contribution in [0.2, 0.25) is 0 Å². The second kappa shape index (κ2) is 4.48. The van der Waals surface area contributed by atoms with Crippen LogP contribution in [0.1, 0.15) is 12.8 Å². The smallest absolute Gasteiger partial charge is 0.310 e. The van der Waals surface area contributed by atoms with Gasteiger partial charge in [-0.25, -0.2) is 0 Å². The minimum atomic E-state index is -0.243. The Morgan fingerprint density at radius 1 is 1.38 bits per heavy atom. The Morgan fingerprint density at radius 2 is 2.24 bits per heavy atom. The number of carbonyl (C=O) groups excluding carboxylic acids is 2. The first-order valence-electron chi connectivity index (χ1n) is 7.33. The zero-order valence-corrected chi connectivity index (χ0v) is 11.7. The summed E-state index contributed by atoms with van der Waals surface area (Å²) in [5.41, 5.74) is 0.699. The quantitative estimate of drug-likeness (QED) is 0.861. The van der Waals surface area contributed by atoms with Gasteiger partial charge in [0.05, 0.1) is 18.9 Å². The third kappa shape index (κ3) is 1.83. The van der Waals surface area contributed by atoms with Gasteiger partial charge in [0.15, 0.2) is 0 Å². The van der Waals surface area contributed by atoms with Crippen molar-refractivity contribution in [1.29, 1.82) is 0 Å². The lowest BCUT2D eigenvalue weighted by Gasteiger charge is -2.23. The average Bonchev–Trinajstić information content (AvgIpc) is 3.08. The van der Waals surface area contributed by atoms with Gasteiger partial charge in [0.1, 0.15) is 11.9 Å². The van der Waals surface area contributed by atoms with E-state index in [2.05, 4.69) is 5.32 Å². The molecule has 3 fully saturated rings. The fourth-order valence-electron chi connectivity index (χ4n) is 4.29. The Bertz CT molecular complexity index is 612. The fraction of sp³-hybridized carbons (Fsp3) is 0.500. The van der Waals surface area contributed by atoms with Gasteiger partial charge >= 0.3 is 5.97 Å². The van der Waals surface area contributed by atoms with Crippen molar-refractivity contribution in [2.24, 2.45) is 23.7 Å². The van der Waals surface area contributed by atoms with E-state index in [1.165, 1.54) is 0 Å². The summed E-state index contributed by atoms with van der Waals surface area (Å²) in [5.74, 6) is 0.493. The Kier molecular flexibility index (Phi) is 2.71. The van der Waals surface area contributed by atoms with Gasteiger partial charge in [-0.15, -0.1) is 0 Å². The predicted octanol–water partition coefficient (Wildman–Crippen LogP) is 1.83. The Morgan fingerprint density at radius 3 is 3.05 bits per heavy atom. The molecule has 2 saturated carbocycles. The van der Waals surface area contributed by atoms with Gasteiger partial charge in [-0.2, -0.15) is 0 Å². The van der Waals surface area contributed by atoms with E-state index in [0.717, 1.165) is 12.8 Å². The second-order valence-corrected chi connectivity index (χ2v) is 6.14. The minimum absolute atomic E-state index is 0.0633. The highest BCUT2D eigenvalue weighted by molar-refractivity contribution is 5.97. The van der Waals surface area contributed by atoms with Crippen molar-refractivity contribution >= 4 is 17.6 Å². The highest BCUT2D eigenvalue weighted by atomic mass is 16.6. The molecule has 5 atom stereocenters. The molecule has 1 amide bonds. The molecule has 0 spiro atoms. The number of benzene rings is 1. The number of hydrogen-bond acceptors (Lipinski definition) is 4. The Hall–Kier alpha value is -2.04. The number of esters is 1. The molecule has 1 aromatic carbocycles. The predicted molar refractivity (Wildman–Crippen MR) is 74.7 cm³/mol. The molecule has 0 aromatic heterocycles. The molecule has 110 valence electrons. The van der Waals surface area contributed by atoms with E-state index in [9.17, 15) is 9.59 Å². The Labute approximate surface area is 122 Å². The highest BCUT2D eigenvalue weighted by Gasteiger charge is 2.63. The van der Waals surface area contributed by atoms with Crippen LogP contribution in [0.25, 0.3) is 0 Å². The van der Waals surface area contributed by atoms with Crippen LogP contribution in [0.3, 0.4) is 0 Å². The molecule has 1 aliphatic heterocycles. The first-order valence-corrected chi connectivity index (χ1v) is 7.33. The molecule has 2 bridgehead atoms. The van der Waals surface area contributed by atoms with Crippen molar-refractivity contribution in [3.8, 4) is 5.75 Å². The SMILES string of the molecule is COc1cccc(NC(=O)[C@@H]2[C@@H]3C[C@@H]4[C@@H]2C(=O)O[C@@H]4C3)c1. The number of amides is 1. The van der Waals surface area contributed by atoms with Crippen molar-refractivity contribution < 1.29 is 19.1 Å². The highest BCUT2D eigenvalue weighted by Crippen LogP contribution is 2.57. The molecule has 3 aliphatic rings. The lowest BCUT2D eigenvalue weighted by atomic mass is 9.79. The second-order valence-electron chi connectivity index (χ2n) is 6.14. The van der Waals surface area contributed by atoms with Crippen LogP contribution in [0.4, 0.5) is 5.69 Å². The number of rotatable bonds is 3. The number of methoxy groups -OCH3 is 1. The molecule has 5 nitrogen and oxygen atoms in total. The summed E-state index contributed by atoms with van der Waals surface area (Å²) in [7, 11) is 1.59. The molecular formula is C16H17NO4. The van der Waals surface area contributed by atoms with E-state index < -0.39 is 0 Å². The number of anilines is 1. The number of fused-ring (bicyclic) bond motifs is 1. The topological polar surface area (TPSA) is 64.6 Å². The van der Waals surface area contributed by atoms with Crippen molar-refractivity contribution in [3.63, 3.8) is 0 Å². The van der Waals surface area contributed by atoms with Crippen molar-refractivity contribution in [3.05, 3.63) is 24.3 Å². The maximum absolute atomic E-state index is 12.6. The Balaban J connectivity index is 1.54. The van der Waals surface area contributed by atoms with Crippen LogP contribution in [0, 0.1) is 23.7 Å². The molecule has 1 saturated heterocycles. The zero-order valence-electron chi connectivity index (χ0n) is 11.7. The van der Waals surface area contributed by atoms with E-state index >= 15 is 0 Å². The molecule has 4 rings (SSSR count). The maximum Gasteiger partial charge on any atom is 0.310 e. The fourth-order valence-corrected chi connectivity index (χ4v) is 4.29. The molecule has 0 radical (unpaired) electrons. The number of hydrogen-bond donors (Lipinski definition) is 1. The summed E-state index contributed by atoms with van der Waals surface area (Å²) in [6.45, 7) is 0. The molecule has 0 unspecified atom stereocenters. The lowest BCUT2D eigenvalue weighted by Crippen LogP contribution is -2.35. The van der Waals surface area contributed by atoms with Crippen molar-refractivity contribution in [1.82, 2.24) is 0 Å². The van der Waals surface area contributed by atoms with Gasteiger partial charge in [0, 0.05) is 17.7 Å². The summed E-state index contributed by atoms with van der Waals surface area (Å²) in [5, 5.41) is 2.92. The van der Waals surface area contributed by atoms with Gasteiger partial charge in [-0.3, -0.25) is 9.59 Å². The molecule has 1 aromatic rings. The molecule has 21 heavy (non-hydrogen) atoms. The van der Waals surface area contributed by atoms with Gasteiger partial charge in [0.2, 0.25) is 5.91 Å². The van der Waals surface area contributed by atoms with Crippen LogP contribution < -0.4 is 10.1 Å². The normalized spacial score (nSPS) is 35.7. The molecule has 2 aliphatic carbocycles. The third-order valence-corrected chi connectivity index (χ3v) is 5.12. The van der Waals surface area contributed by atoms with E-state index in [4.69, 9.17) is 9.47 Å². The van der Waals surface area contributed by atoms with Crippen molar-refractivity contribution in [2.75, 3.05) is 12.4 Å².